The molecular weight excluding hydrogens is 284 g/mol. The predicted molar refractivity (Wildman–Crippen MR) is 83.4 cm³/mol. The summed E-state index contributed by atoms with van der Waals surface area (Å²) in [5, 5.41) is 0. The largest absolute Gasteiger partial charge is 0.465 e. The van der Waals surface area contributed by atoms with Gasteiger partial charge in [-0.2, -0.15) is 0 Å². The number of ether oxygens (including phenoxy) is 3. The number of esters is 2. The lowest BCUT2D eigenvalue weighted by Crippen LogP contribution is -2.20. The molecule has 1 fully saturated rings. The lowest BCUT2D eigenvalue weighted by atomic mass is 10.1. The van der Waals surface area contributed by atoms with Crippen LogP contribution in [0.4, 0.5) is 0 Å². The fraction of sp³-hybridized carbons (Fsp3) is 0.765. The highest BCUT2D eigenvalue weighted by Gasteiger charge is 2.22. The van der Waals surface area contributed by atoms with Crippen molar-refractivity contribution in [1.29, 1.82) is 0 Å². The van der Waals surface area contributed by atoms with Gasteiger partial charge in [0.05, 0.1) is 26.2 Å². The second-order valence-electron chi connectivity index (χ2n) is 5.66. The summed E-state index contributed by atoms with van der Waals surface area (Å²) in [6.45, 7) is 7.21. The molecule has 5 heteroatoms. The molecule has 1 saturated heterocycles. The van der Waals surface area contributed by atoms with Gasteiger partial charge >= 0.3 is 11.9 Å². The summed E-state index contributed by atoms with van der Waals surface area (Å²) in [7, 11) is 0. The van der Waals surface area contributed by atoms with Gasteiger partial charge in [0.15, 0.2) is 0 Å². The molecule has 0 N–H and O–H groups in total. The zero-order valence-electron chi connectivity index (χ0n) is 13.6. The predicted octanol–water partition coefficient (Wildman–Crippen LogP) is 3.17. The molecule has 0 aromatic rings. The van der Waals surface area contributed by atoms with Crippen LogP contribution < -0.4 is 0 Å². The minimum Gasteiger partial charge on any atom is -0.465 e. The molecule has 1 rings (SSSR count). The van der Waals surface area contributed by atoms with Crippen molar-refractivity contribution in [3.05, 3.63) is 12.2 Å². The van der Waals surface area contributed by atoms with Crippen LogP contribution in [0.3, 0.4) is 0 Å². The lowest BCUT2D eigenvalue weighted by Gasteiger charge is -2.11. The van der Waals surface area contributed by atoms with E-state index in [2.05, 4.69) is 13.5 Å². The Hall–Kier alpha value is -1.36. The van der Waals surface area contributed by atoms with Crippen LogP contribution >= 0.6 is 0 Å². The Morgan fingerprint density at radius 2 is 1.91 bits per heavy atom. The zero-order valence-corrected chi connectivity index (χ0v) is 13.6. The van der Waals surface area contributed by atoms with Crippen LogP contribution in [-0.2, 0) is 23.8 Å². The van der Waals surface area contributed by atoms with E-state index in [9.17, 15) is 9.59 Å². The van der Waals surface area contributed by atoms with E-state index < -0.39 is 11.9 Å². The third-order valence-electron chi connectivity index (χ3n) is 3.57. The van der Waals surface area contributed by atoms with Crippen molar-refractivity contribution in [2.45, 2.75) is 64.4 Å². The van der Waals surface area contributed by atoms with Crippen molar-refractivity contribution in [3.63, 3.8) is 0 Å². The molecule has 1 aliphatic heterocycles. The molecule has 0 aromatic heterocycles. The molecule has 1 heterocycles. The normalized spacial score (nSPS) is 17.2. The van der Waals surface area contributed by atoms with E-state index in [0.717, 1.165) is 12.8 Å². The second-order valence-corrected chi connectivity index (χ2v) is 5.66. The first-order chi connectivity index (χ1) is 10.6. The van der Waals surface area contributed by atoms with E-state index in [-0.39, 0.29) is 18.1 Å². The minimum atomic E-state index is -0.535. The molecule has 0 spiro atoms. The Kier molecular flexibility index (Phi) is 9.55. The van der Waals surface area contributed by atoms with Gasteiger partial charge in [0, 0.05) is 12.0 Å². The molecule has 1 unspecified atom stereocenters. The molecule has 0 amide bonds. The first-order valence-electron chi connectivity index (χ1n) is 8.25. The van der Waals surface area contributed by atoms with Gasteiger partial charge in [-0.25, -0.2) is 4.79 Å². The summed E-state index contributed by atoms with van der Waals surface area (Å²) in [6.07, 6.45) is 7.19. The van der Waals surface area contributed by atoms with E-state index in [1.807, 2.05) is 0 Å². The van der Waals surface area contributed by atoms with Crippen molar-refractivity contribution < 1.29 is 23.8 Å². The number of hydrogen-bond acceptors (Lipinski definition) is 5. The topological polar surface area (TPSA) is 61.8 Å². The van der Waals surface area contributed by atoms with E-state index in [4.69, 9.17) is 14.2 Å². The molecular formula is C17H28O5. The smallest absolute Gasteiger partial charge is 0.334 e. The van der Waals surface area contributed by atoms with Gasteiger partial charge in [0.2, 0.25) is 0 Å². The fourth-order valence-electron chi connectivity index (χ4n) is 2.21. The van der Waals surface area contributed by atoms with Crippen LogP contribution in [-0.4, -0.2) is 37.9 Å². The Morgan fingerprint density at radius 1 is 1.18 bits per heavy atom. The quantitative estimate of drug-likeness (QED) is 0.333. The summed E-state index contributed by atoms with van der Waals surface area (Å²) in [5.74, 6) is -0.954. The van der Waals surface area contributed by atoms with Gasteiger partial charge in [-0.05, 0) is 6.42 Å². The van der Waals surface area contributed by atoms with E-state index in [1.165, 1.54) is 25.7 Å². The van der Waals surface area contributed by atoms with E-state index in [1.54, 1.807) is 0 Å². The Morgan fingerprint density at radius 3 is 2.59 bits per heavy atom. The first-order valence-corrected chi connectivity index (χ1v) is 8.25. The summed E-state index contributed by atoms with van der Waals surface area (Å²) in [5.41, 5.74) is 0.139. The van der Waals surface area contributed by atoms with Gasteiger partial charge in [-0.3, -0.25) is 4.79 Å². The van der Waals surface area contributed by atoms with Gasteiger partial charge in [0.1, 0.15) is 6.10 Å². The van der Waals surface area contributed by atoms with E-state index >= 15 is 0 Å². The molecule has 126 valence electrons. The number of hydrogen-bond donors (Lipinski definition) is 0. The molecule has 0 aliphatic carbocycles. The SMILES string of the molecule is C=C(CC(=O)OCCCCCCCC)C(=O)OC1CCOC1. The van der Waals surface area contributed by atoms with Crippen LogP contribution in [0.25, 0.3) is 0 Å². The molecule has 22 heavy (non-hydrogen) atoms. The van der Waals surface area contributed by atoms with Gasteiger partial charge in [0.25, 0.3) is 0 Å². The Labute approximate surface area is 133 Å². The maximum atomic E-state index is 11.7. The molecule has 1 atom stereocenters. The van der Waals surface area contributed by atoms with Crippen LogP contribution in [0.5, 0.6) is 0 Å². The maximum Gasteiger partial charge on any atom is 0.334 e. The summed E-state index contributed by atoms with van der Waals surface area (Å²) >= 11 is 0. The second kappa shape index (κ2) is 11.2. The number of rotatable bonds is 11. The third-order valence-corrected chi connectivity index (χ3v) is 3.57. The highest BCUT2D eigenvalue weighted by molar-refractivity contribution is 5.93. The molecule has 1 aliphatic rings. The third kappa shape index (κ3) is 8.17. The van der Waals surface area contributed by atoms with Gasteiger partial charge in [-0.15, -0.1) is 0 Å². The number of unbranched alkanes of at least 4 members (excludes halogenated alkanes) is 5. The van der Waals surface area contributed by atoms with Crippen LogP contribution in [0.2, 0.25) is 0 Å². The highest BCUT2D eigenvalue weighted by Crippen LogP contribution is 2.12. The molecule has 0 radical (unpaired) electrons. The monoisotopic (exact) mass is 312 g/mol. The van der Waals surface area contributed by atoms with E-state index in [0.29, 0.717) is 26.2 Å². The minimum absolute atomic E-state index is 0.109. The van der Waals surface area contributed by atoms with Crippen molar-refractivity contribution in [2.75, 3.05) is 19.8 Å². The van der Waals surface area contributed by atoms with Crippen LogP contribution in [0, 0.1) is 0 Å². The van der Waals surface area contributed by atoms with Crippen LogP contribution in [0.1, 0.15) is 58.3 Å². The molecule has 0 saturated carbocycles. The zero-order chi connectivity index (χ0) is 16.2. The van der Waals surface area contributed by atoms with Crippen molar-refractivity contribution in [1.82, 2.24) is 0 Å². The first kappa shape index (κ1) is 18.7. The molecule has 0 bridgehead atoms. The number of carbonyl (C=O) groups excluding carboxylic acids is 2. The summed E-state index contributed by atoms with van der Waals surface area (Å²) in [4.78, 5) is 23.3. The molecule has 0 aromatic carbocycles. The van der Waals surface area contributed by atoms with Crippen molar-refractivity contribution in [2.24, 2.45) is 0 Å². The lowest BCUT2D eigenvalue weighted by molar-refractivity contribution is -0.148. The highest BCUT2D eigenvalue weighted by atomic mass is 16.6. The summed E-state index contributed by atoms with van der Waals surface area (Å²) < 4.78 is 15.4. The summed E-state index contributed by atoms with van der Waals surface area (Å²) in [6, 6.07) is 0. The van der Waals surface area contributed by atoms with Gasteiger partial charge < -0.3 is 14.2 Å². The van der Waals surface area contributed by atoms with Crippen molar-refractivity contribution in [3.8, 4) is 0 Å². The number of carbonyl (C=O) groups is 2. The Bertz CT molecular complexity index is 358. The Balaban J connectivity index is 2.05. The average Bonchev–Trinajstić information content (AvgIpc) is 2.99. The standard InChI is InChI=1S/C17H28O5/c1-3-4-5-6-7-8-10-21-16(18)12-14(2)17(19)22-15-9-11-20-13-15/h15H,2-13H2,1H3. The van der Waals surface area contributed by atoms with Crippen molar-refractivity contribution >= 4 is 11.9 Å². The molecule has 5 nitrogen and oxygen atoms in total. The average molecular weight is 312 g/mol. The van der Waals surface area contributed by atoms with Crippen LogP contribution in [0.15, 0.2) is 12.2 Å². The maximum absolute atomic E-state index is 11.7. The fourth-order valence-corrected chi connectivity index (χ4v) is 2.21. The van der Waals surface area contributed by atoms with Gasteiger partial charge in [-0.1, -0.05) is 45.6 Å².